The number of nitrogens with zero attached hydrogens (tertiary/aromatic N) is 1. The van der Waals surface area contributed by atoms with Gasteiger partial charge in [0.25, 0.3) is 5.91 Å². The van der Waals surface area contributed by atoms with Crippen LogP contribution in [0.3, 0.4) is 0 Å². The van der Waals surface area contributed by atoms with E-state index in [1.807, 2.05) is 0 Å². The van der Waals surface area contributed by atoms with E-state index in [0.717, 1.165) is 28.8 Å². The number of carbonyl (C=O) groups excluding carboxylic acids is 3. The van der Waals surface area contributed by atoms with Crippen molar-refractivity contribution in [1.29, 1.82) is 0 Å². The maximum Gasteiger partial charge on any atom is 0.257 e. The zero-order valence-corrected chi connectivity index (χ0v) is 21.7. The molecule has 0 spiro atoms. The van der Waals surface area contributed by atoms with Crippen LogP contribution < -0.4 is 16.0 Å². The number of amides is 3. The molecule has 3 aromatic rings. The second-order valence-corrected chi connectivity index (χ2v) is 11.0. The van der Waals surface area contributed by atoms with Gasteiger partial charge in [0, 0.05) is 23.0 Å². The zero-order valence-electron chi connectivity index (χ0n) is 18.7. The molecule has 1 aliphatic rings. The van der Waals surface area contributed by atoms with Gasteiger partial charge in [-0.05, 0) is 48.9 Å². The van der Waals surface area contributed by atoms with E-state index in [1.165, 1.54) is 18.2 Å². The number of anilines is 3. The molecule has 7 nitrogen and oxygen atoms in total. The SMILES string of the molecule is O=C(CSc1ccncc1)Nc1c(F)ccc(NC(=O)c2cc(NC(=O)C3CC3(Cl)Cl)ccc2Cl)c1F. The molecule has 3 amide bonds. The quantitative estimate of drug-likeness (QED) is 0.218. The number of rotatable bonds is 8. The molecule has 0 saturated heterocycles. The van der Waals surface area contributed by atoms with E-state index in [-0.39, 0.29) is 27.7 Å². The number of hydrogen-bond donors (Lipinski definition) is 3. The van der Waals surface area contributed by atoms with Crippen LogP contribution in [-0.2, 0) is 9.59 Å². The summed E-state index contributed by atoms with van der Waals surface area (Å²) in [6, 6.07) is 9.44. The van der Waals surface area contributed by atoms with Crippen LogP contribution in [0.2, 0.25) is 5.02 Å². The monoisotopic (exact) mass is 584 g/mol. The highest BCUT2D eigenvalue weighted by atomic mass is 35.5. The van der Waals surface area contributed by atoms with Gasteiger partial charge in [-0.2, -0.15) is 0 Å². The average molecular weight is 586 g/mol. The Labute approximate surface area is 229 Å². The molecule has 1 fully saturated rings. The van der Waals surface area contributed by atoms with E-state index in [4.69, 9.17) is 34.8 Å². The fourth-order valence-electron chi connectivity index (χ4n) is 3.22. The molecule has 0 radical (unpaired) electrons. The maximum absolute atomic E-state index is 15.1. The number of benzene rings is 2. The summed E-state index contributed by atoms with van der Waals surface area (Å²) in [6.07, 6.45) is 3.41. The molecule has 37 heavy (non-hydrogen) atoms. The van der Waals surface area contributed by atoms with Gasteiger partial charge in [0.2, 0.25) is 11.8 Å². The predicted octanol–water partition coefficient (Wildman–Crippen LogP) is 6.13. The van der Waals surface area contributed by atoms with Gasteiger partial charge in [0.05, 0.1) is 27.9 Å². The minimum absolute atomic E-state index is 0.0233. The fraction of sp³-hybridized carbons (Fsp3) is 0.167. The van der Waals surface area contributed by atoms with Gasteiger partial charge in [-0.15, -0.1) is 35.0 Å². The van der Waals surface area contributed by atoms with E-state index in [9.17, 15) is 18.8 Å². The summed E-state index contributed by atoms with van der Waals surface area (Å²) in [6.45, 7) is 0. The first-order valence-electron chi connectivity index (χ1n) is 10.7. The minimum atomic E-state index is -1.18. The average Bonchev–Trinajstić information content (AvgIpc) is 3.52. The van der Waals surface area contributed by atoms with Crippen LogP contribution in [0.25, 0.3) is 0 Å². The summed E-state index contributed by atoms with van der Waals surface area (Å²) in [7, 11) is 0. The smallest absolute Gasteiger partial charge is 0.257 e. The Hall–Kier alpha value is -2.92. The van der Waals surface area contributed by atoms with Crippen molar-refractivity contribution in [2.75, 3.05) is 21.7 Å². The normalized spacial score (nSPS) is 15.5. The van der Waals surface area contributed by atoms with Crippen molar-refractivity contribution in [3.05, 3.63) is 77.1 Å². The summed E-state index contributed by atoms with van der Waals surface area (Å²) in [5.41, 5.74) is -0.933. The number of alkyl halides is 2. The molecule has 3 N–H and O–H groups in total. The Morgan fingerprint density at radius 2 is 1.73 bits per heavy atom. The summed E-state index contributed by atoms with van der Waals surface area (Å²) in [4.78, 5) is 42.0. The standard InChI is InChI=1S/C24H17Cl3F2N4O3S/c25-16-2-1-12(31-23(36)15-10-24(15,26)27)9-14(16)22(35)32-18-4-3-17(28)21(20(18)29)33-19(34)11-37-13-5-7-30-8-6-13/h1-9,15H,10-11H2,(H,31,36)(H,32,35)(H,33,34). The van der Waals surface area contributed by atoms with Crippen LogP contribution in [0.15, 0.2) is 59.8 Å². The van der Waals surface area contributed by atoms with Crippen molar-refractivity contribution < 1.29 is 23.2 Å². The van der Waals surface area contributed by atoms with Crippen LogP contribution in [0.4, 0.5) is 25.8 Å². The molecule has 13 heteroatoms. The highest BCUT2D eigenvalue weighted by Gasteiger charge is 2.56. The van der Waals surface area contributed by atoms with E-state index in [2.05, 4.69) is 20.9 Å². The van der Waals surface area contributed by atoms with E-state index >= 15 is 4.39 Å². The highest BCUT2D eigenvalue weighted by Crippen LogP contribution is 2.53. The lowest BCUT2D eigenvalue weighted by Gasteiger charge is -2.13. The lowest BCUT2D eigenvalue weighted by Crippen LogP contribution is -2.19. The first-order valence-corrected chi connectivity index (χ1v) is 12.8. The minimum Gasteiger partial charge on any atom is -0.326 e. The molecule has 1 aromatic heterocycles. The van der Waals surface area contributed by atoms with Crippen LogP contribution in [-0.4, -0.2) is 32.8 Å². The Morgan fingerprint density at radius 3 is 2.41 bits per heavy atom. The molecule has 1 atom stereocenters. The van der Waals surface area contributed by atoms with E-state index in [1.54, 1.807) is 24.5 Å². The van der Waals surface area contributed by atoms with Crippen LogP contribution in [0, 0.1) is 17.6 Å². The van der Waals surface area contributed by atoms with E-state index < -0.39 is 45.3 Å². The Bertz CT molecular complexity index is 1380. The van der Waals surface area contributed by atoms with Gasteiger partial charge >= 0.3 is 0 Å². The molecule has 192 valence electrons. The van der Waals surface area contributed by atoms with Crippen molar-refractivity contribution in [1.82, 2.24) is 4.98 Å². The number of nitrogens with one attached hydrogen (secondary N) is 3. The van der Waals surface area contributed by atoms with Crippen LogP contribution in [0.1, 0.15) is 16.8 Å². The summed E-state index contributed by atoms with van der Waals surface area (Å²) < 4.78 is 28.2. The number of aromatic nitrogens is 1. The number of thioether (sulfide) groups is 1. The lowest BCUT2D eigenvalue weighted by molar-refractivity contribution is -0.117. The molecule has 1 unspecified atom stereocenters. The maximum atomic E-state index is 15.1. The number of carbonyl (C=O) groups is 3. The van der Waals surface area contributed by atoms with Crippen molar-refractivity contribution in [3.63, 3.8) is 0 Å². The Morgan fingerprint density at radius 1 is 1.03 bits per heavy atom. The first-order chi connectivity index (χ1) is 17.5. The van der Waals surface area contributed by atoms with Crippen molar-refractivity contribution in [3.8, 4) is 0 Å². The largest absolute Gasteiger partial charge is 0.326 e. The van der Waals surface area contributed by atoms with Crippen molar-refractivity contribution >= 4 is 81.3 Å². The van der Waals surface area contributed by atoms with Crippen molar-refractivity contribution in [2.45, 2.75) is 15.6 Å². The predicted molar refractivity (Wildman–Crippen MR) is 141 cm³/mol. The van der Waals surface area contributed by atoms with Crippen molar-refractivity contribution in [2.24, 2.45) is 5.92 Å². The lowest BCUT2D eigenvalue weighted by atomic mass is 10.1. The number of pyridine rings is 1. The summed E-state index contributed by atoms with van der Waals surface area (Å²) in [5.74, 6) is -4.79. The third kappa shape index (κ3) is 6.70. The van der Waals surface area contributed by atoms with Gasteiger partial charge in [-0.1, -0.05) is 11.6 Å². The van der Waals surface area contributed by atoms with Crippen LogP contribution >= 0.6 is 46.6 Å². The molecule has 1 heterocycles. The fourth-order valence-corrected chi connectivity index (χ4v) is 4.61. The second-order valence-electron chi connectivity index (χ2n) is 7.96. The number of hydrogen-bond acceptors (Lipinski definition) is 5. The molecule has 1 saturated carbocycles. The molecule has 0 bridgehead atoms. The van der Waals surface area contributed by atoms with Crippen LogP contribution in [0.5, 0.6) is 0 Å². The van der Waals surface area contributed by atoms with Gasteiger partial charge in [-0.3, -0.25) is 19.4 Å². The zero-order chi connectivity index (χ0) is 26.7. The summed E-state index contributed by atoms with van der Waals surface area (Å²) >= 11 is 19.1. The molecule has 1 aliphatic carbocycles. The van der Waals surface area contributed by atoms with Gasteiger partial charge in [0.15, 0.2) is 5.82 Å². The molecule has 4 rings (SSSR count). The molecular formula is C24H17Cl3F2N4O3S. The Balaban J connectivity index is 1.45. The third-order valence-corrected chi connectivity index (χ3v) is 7.42. The van der Waals surface area contributed by atoms with Gasteiger partial charge < -0.3 is 16.0 Å². The molecular weight excluding hydrogens is 569 g/mol. The second kappa shape index (κ2) is 11.2. The first kappa shape index (κ1) is 27.1. The third-order valence-electron chi connectivity index (χ3n) is 5.24. The Kier molecular flexibility index (Phi) is 8.23. The van der Waals surface area contributed by atoms with E-state index in [0.29, 0.717) is 6.42 Å². The topological polar surface area (TPSA) is 100 Å². The van der Waals surface area contributed by atoms with Gasteiger partial charge in [0.1, 0.15) is 15.8 Å². The summed E-state index contributed by atoms with van der Waals surface area (Å²) in [5, 5.41) is 7.13. The molecule has 2 aromatic carbocycles. The number of halogens is 5. The highest BCUT2D eigenvalue weighted by molar-refractivity contribution is 8.00. The van der Waals surface area contributed by atoms with Gasteiger partial charge in [-0.25, -0.2) is 8.78 Å². The molecule has 0 aliphatic heterocycles.